The molecule has 18 heavy (non-hydrogen) atoms. The third-order valence-corrected chi connectivity index (χ3v) is 3.82. The van der Waals surface area contributed by atoms with Crippen molar-refractivity contribution in [1.82, 2.24) is 10.2 Å². The van der Waals surface area contributed by atoms with Crippen molar-refractivity contribution in [3.8, 4) is 0 Å². The summed E-state index contributed by atoms with van der Waals surface area (Å²) in [5.74, 6) is 0.322. The van der Waals surface area contributed by atoms with E-state index in [9.17, 15) is 4.39 Å². The molecule has 1 aliphatic rings. The second-order valence-electron chi connectivity index (χ2n) is 5.51. The minimum absolute atomic E-state index is 0.0610. The summed E-state index contributed by atoms with van der Waals surface area (Å²) in [5, 5.41) is 3.28. The predicted octanol–water partition coefficient (Wildman–Crippen LogP) is 2.74. The van der Waals surface area contributed by atoms with Crippen LogP contribution < -0.4 is 5.32 Å². The lowest BCUT2D eigenvalue weighted by atomic mass is 10.0. The van der Waals surface area contributed by atoms with E-state index in [1.165, 1.54) is 0 Å². The Morgan fingerprint density at radius 1 is 1.44 bits per heavy atom. The molecule has 0 spiro atoms. The van der Waals surface area contributed by atoms with E-state index in [0.29, 0.717) is 12.0 Å². The van der Waals surface area contributed by atoms with Crippen molar-refractivity contribution in [3.63, 3.8) is 0 Å². The van der Waals surface area contributed by atoms with Crippen LogP contribution in [0.25, 0.3) is 0 Å². The zero-order valence-electron chi connectivity index (χ0n) is 11.5. The molecular formula is C15H23FN2. The van der Waals surface area contributed by atoms with Gasteiger partial charge >= 0.3 is 0 Å². The van der Waals surface area contributed by atoms with Gasteiger partial charge in [-0.25, -0.2) is 4.39 Å². The first-order valence-electron chi connectivity index (χ1n) is 6.78. The average Bonchev–Trinajstić information content (AvgIpc) is 2.79. The second kappa shape index (κ2) is 5.81. The Hall–Kier alpha value is -0.930. The zero-order valence-corrected chi connectivity index (χ0v) is 11.5. The van der Waals surface area contributed by atoms with Gasteiger partial charge in [0.25, 0.3) is 0 Å². The number of likely N-dealkylation sites (N-methyl/N-ethyl adjacent to an activating group) is 1. The van der Waals surface area contributed by atoms with Crippen molar-refractivity contribution in [2.24, 2.45) is 0 Å². The molecule has 1 N–H and O–H groups in total. The molecular weight excluding hydrogens is 227 g/mol. The van der Waals surface area contributed by atoms with E-state index in [4.69, 9.17) is 0 Å². The van der Waals surface area contributed by atoms with Crippen LogP contribution in [-0.2, 0) is 6.54 Å². The van der Waals surface area contributed by atoms with E-state index in [2.05, 4.69) is 30.1 Å². The quantitative estimate of drug-likeness (QED) is 0.884. The fraction of sp³-hybridized carbons (Fsp3) is 0.600. The fourth-order valence-electron chi connectivity index (χ4n) is 2.50. The average molecular weight is 250 g/mol. The predicted molar refractivity (Wildman–Crippen MR) is 73.2 cm³/mol. The molecule has 1 saturated heterocycles. The molecule has 1 heterocycles. The van der Waals surface area contributed by atoms with Gasteiger partial charge in [0.05, 0.1) is 0 Å². The minimum Gasteiger partial charge on any atom is -0.316 e. The molecule has 1 unspecified atom stereocenters. The summed E-state index contributed by atoms with van der Waals surface area (Å²) >= 11 is 0. The van der Waals surface area contributed by atoms with E-state index in [1.54, 1.807) is 6.07 Å². The number of hydrogen-bond donors (Lipinski definition) is 1. The van der Waals surface area contributed by atoms with Gasteiger partial charge in [0.2, 0.25) is 0 Å². The van der Waals surface area contributed by atoms with Crippen molar-refractivity contribution < 1.29 is 4.39 Å². The highest BCUT2D eigenvalue weighted by molar-refractivity contribution is 5.26. The molecule has 3 heteroatoms. The summed E-state index contributed by atoms with van der Waals surface area (Å²) in [4.78, 5) is 2.31. The summed E-state index contributed by atoms with van der Waals surface area (Å²) in [6.45, 7) is 6.97. The smallest absolute Gasteiger partial charge is 0.127 e. The van der Waals surface area contributed by atoms with E-state index in [-0.39, 0.29) is 5.82 Å². The number of rotatable bonds is 4. The number of nitrogens with zero attached hydrogens (tertiary/aromatic N) is 1. The maximum Gasteiger partial charge on any atom is 0.127 e. The van der Waals surface area contributed by atoms with Gasteiger partial charge in [-0.3, -0.25) is 4.90 Å². The Bertz CT molecular complexity index is 403. The van der Waals surface area contributed by atoms with E-state index in [0.717, 1.165) is 37.2 Å². The molecule has 1 aromatic carbocycles. The van der Waals surface area contributed by atoms with Crippen molar-refractivity contribution in [2.75, 3.05) is 20.1 Å². The third-order valence-electron chi connectivity index (χ3n) is 3.82. The van der Waals surface area contributed by atoms with Crippen molar-refractivity contribution in [2.45, 2.75) is 38.8 Å². The molecule has 1 atom stereocenters. The summed E-state index contributed by atoms with van der Waals surface area (Å²) in [6, 6.07) is 6.24. The van der Waals surface area contributed by atoms with Gasteiger partial charge in [-0.1, -0.05) is 26.0 Å². The Labute approximate surface area is 109 Å². The van der Waals surface area contributed by atoms with Crippen LogP contribution in [0, 0.1) is 5.82 Å². The minimum atomic E-state index is -0.0610. The molecule has 1 aliphatic heterocycles. The van der Waals surface area contributed by atoms with Crippen molar-refractivity contribution in [1.29, 1.82) is 0 Å². The third kappa shape index (κ3) is 3.09. The number of halogens is 1. The van der Waals surface area contributed by atoms with E-state index < -0.39 is 0 Å². The van der Waals surface area contributed by atoms with Crippen LogP contribution in [0.4, 0.5) is 4.39 Å². The van der Waals surface area contributed by atoms with E-state index >= 15 is 0 Å². The Kier molecular flexibility index (Phi) is 4.36. The molecule has 100 valence electrons. The number of benzene rings is 1. The monoisotopic (exact) mass is 250 g/mol. The van der Waals surface area contributed by atoms with Gasteiger partial charge in [-0.2, -0.15) is 0 Å². The first-order valence-corrected chi connectivity index (χ1v) is 6.78. The molecule has 0 aliphatic carbocycles. The van der Waals surface area contributed by atoms with Crippen LogP contribution in [0.2, 0.25) is 0 Å². The lowest BCUT2D eigenvalue weighted by molar-refractivity contribution is 0.317. The lowest BCUT2D eigenvalue weighted by Crippen LogP contribution is -2.29. The van der Waals surface area contributed by atoms with Gasteiger partial charge in [0.1, 0.15) is 5.82 Å². The summed E-state index contributed by atoms with van der Waals surface area (Å²) < 4.78 is 14.0. The highest BCUT2D eigenvalue weighted by Gasteiger charge is 2.21. The van der Waals surface area contributed by atoms with Crippen LogP contribution in [0.1, 0.15) is 37.3 Å². The zero-order chi connectivity index (χ0) is 13.1. The van der Waals surface area contributed by atoms with Crippen LogP contribution in [-0.4, -0.2) is 31.1 Å². The lowest BCUT2D eigenvalue weighted by Gasteiger charge is -2.17. The fourth-order valence-corrected chi connectivity index (χ4v) is 2.50. The SMILES string of the molecule is CNC1CCN(Cc2ccc(C(C)C)cc2F)C1. The van der Waals surface area contributed by atoms with E-state index in [1.807, 2.05) is 13.1 Å². The molecule has 1 aromatic rings. The standard InChI is InChI=1S/C15H23FN2/c1-11(2)12-4-5-13(15(16)8-12)9-18-7-6-14(10-18)17-3/h4-5,8,11,14,17H,6-7,9-10H2,1-3H3. The van der Waals surface area contributed by atoms with Gasteiger partial charge in [-0.05, 0) is 31.0 Å². The highest BCUT2D eigenvalue weighted by atomic mass is 19.1. The molecule has 2 rings (SSSR count). The molecule has 0 bridgehead atoms. The molecule has 1 fully saturated rings. The van der Waals surface area contributed by atoms with Gasteiger partial charge in [0, 0.05) is 31.2 Å². The summed E-state index contributed by atoms with van der Waals surface area (Å²) in [6.07, 6.45) is 1.15. The maximum atomic E-state index is 14.0. The second-order valence-corrected chi connectivity index (χ2v) is 5.51. The molecule has 0 saturated carbocycles. The number of nitrogens with one attached hydrogen (secondary N) is 1. The molecule has 2 nitrogen and oxygen atoms in total. The van der Waals surface area contributed by atoms with Gasteiger partial charge in [-0.15, -0.1) is 0 Å². The first kappa shape index (κ1) is 13.5. The van der Waals surface area contributed by atoms with Crippen LogP contribution in [0.5, 0.6) is 0 Å². The van der Waals surface area contributed by atoms with Crippen LogP contribution >= 0.6 is 0 Å². The van der Waals surface area contributed by atoms with Crippen LogP contribution in [0.3, 0.4) is 0 Å². The summed E-state index contributed by atoms with van der Waals surface area (Å²) in [5.41, 5.74) is 1.89. The normalized spacial score (nSPS) is 20.8. The van der Waals surface area contributed by atoms with Crippen LogP contribution in [0.15, 0.2) is 18.2 Å². The Morgan fingerprint density at radius 2 is 2.22 bits per heavy atom. The van der Waals surface area contributed by atoms with Crippen molar-refractivity contribution >= 4 is 0 Å². The van der Waals surface area contributed by atoms with Gasteiger partial charge in [0.15, 0.2) is 0 Å². The van der Waals surface area contributed by atoms with Crippen molar-refractivity contribution in [3.05, 3.63) is 35.1 Å². The van der Waals surface area contributed by atoms with Gasteiger partial charge < -0.3 is 5.32 Å². The number of likely N-dealkylation sites (tertiary alicyclic amines) is 1. The number of hydrogen-bond acceptors (Lipinski definition) is 2. The molecule has 0 aromatic heterocycles. The first-order chi connectivity index (χ1) is 8.60. The molecule has 0 radical (unpaired) electrons. The topological polar surface area (TPSA) is 15.3 Å². The Balaban J connectivity index is 2.02. The maximum absolute atomic E-state index is 14.0. The summed E-state index contributed by atoms with van der Waals surface area (Å²) in [7, 11) is 1.99. The Morgan fingerprint density at radius 3 is 2.78 bits per heavy atom. The highest BCUT2D eigenvalue weighted by Crippen LogP contribution is 2.20. The largest absolute Gasteiger partial charge is 0.316 e. The molecule has 0 amide bonds.